The molecule has 20 nitrogen and oxygen atoms in total. The summed E-state index contributed by atoms with van der Waals surface area (Å²) in [4.78, 5) is 42.3. The molecule has 4 aromatic rings. The molecule has 2 atom stereocenters. The third-order valence-corrected chi connectivity index (χ3v) is 12.3. The van der Waals surface area contributed by atoms with E-state index in [2.05, 4.69) is 62.4 Å². The average molecular weight is 1100 g/mol. The number of aliphatic hydroxyl groups excluding tert-OH is 1. The van der Waals surface area contributed by atoms with E-state index in [0.717, 1.165) is 35.3 Å². The number of nitrogens with zero attached hydrogens (tertiary/aromatic N) is 3. The zero-order valence-electron chi connectivity index (χ0n) is 46.2. The monoisotopic (exact) mass is 1100 g/mol. The van der Waals surface area contributed by atoms with E-state index >= 15 is 0 Å². The Morgan fingerprint density at radius 2 is 1.10 bits per heavy atom. The number of azide groups is 1. The topological polar surface area (TPSA) is 249 Å². The number of benzene rings is 4. The molecule has 0 bridgehead atoms. The number of unbranched alkanes of at least 4 members (excludes halogenated alkanes) is 1. The molecule has 0 heterocycles. The molecule has 0 aliphatic carbocycles. The van der Waals surface area contributed by atoms with Gasteiger partial charge in [0.15, 0.2) is 5.78 Å². The molecule has 0 spiro atoms. The Hall–Kier alpha value is -5.84. The Bertz CT molecular complexity index is 2220. The number of nitrogens with one attached hydrogen (secondary N) is 3. The first-order valence-corrected chi connectivity index (χ1v) is 27.4. The predicted molar refractivity (Wildman–Crippen MR) is 300 cm³/mol. The van der Waals surface area contributed by atoms with E-state index in [-0.39, 0.29) is 31.5 Å². The van der Waals surface area contributed by atoms with Crippen LogP contribution in [0.5, 0.6) is 5.75 Å². The van der Waals surface area contributed by atoms with Gasteiger partial charge in [0.1, 0.15) is 25.0 Å². The number of amides is 2. The molecule has 2 unspecified atom stereocenters. The molecule has 2 amide bonds. The van der Waals surface area contributed by atoms with Crippen LogP contribution in [-0.2, 0) is 69.2 Å². The molecule has 0 radical (unpaired) electrons. The summed E-state index contributed by atoms with van der Waals surface area (Å²) < 4.78 is 55.2. The minimum Gasteiger partial charge on any atom is -0.497 e. The van der Waals surface area contributed by atoms with Gasteiger partial charge in [-0.25, -0.2) is 0 Å². The second-order valence-corrected chi connectivity index (χ2v) is 18.2. The minimum atomic E-state index is -0.887. The number of ether oxygens (including phenoxy) is 10. The molecule has 0 aliphatic heterocycles. The van der Waals surface area contributed by atoms with Gasteiger partial charge >= 0.3 is 0 Å². The SMILES string of the molecule is CCCC(COCCOCCOCCOCCOCCOCCOCCOCCCC(=O)COCC(=O)NC(CCCCNC(c1ccccc1)(c1ccccc1)c1ccc(OC)cc1)C(=O)Nc1ccc(CO)cc1)N=[N+]=[N-]. The van der Waals surface area contributed by atoms with Crippen LogP contribution in [-0.4, -0.2) is 167 Å². The number of ketones is 1. The van der Waals surface area contributed by atoms with Crippen molar-refractivity contribution in [3.8, 4) is 5.75 Å². The van der Waals surface area contributed by atoms with Crippen molar-refractivity contribution in [2.45, 2.75) is 76.1 Å². The highest BCUT2D eigenvalue weighted by Gasteiger charge is 2.36. The molecule has 0 aliphatic rings. The highest BCUT2D eigenvalue weighted by Crippen LogP contribution is 2.37. The van der Waals surface area contributed by atoms with Crippen LogP contribution in [0.25, 0.3) is 10.4 Å². The van der Waals surface area contributed by atoms with Gasteiger partial charge in [0, 0.05) is 23.6 Å². The first-order valence-electron chi connectivity index (χ1n) is 27.4. The van der Waals surface area contributed by atoms with Crippen molar-refractivity contribution in [2.24, 2.45) is 5.11 Å². The molecule has 20 heteroatoms. The van der Waals surface area contributed by atoms with Gasteiger partial charge in [0.2, 0.25) is 11.8 Å². The average Bonchev–Trinajstić information content (AvgIpc) is 3.62. The van der Waals surface area contributed by atoms with Crippen molar-refractivity contribution in [2.75, 3.05) is 138 Å². The highest BCUT2D eigenvalue weighted by atomic mass is 16.6. The van der Waals surface area contributed by atoms with Crippen molar-refractivity contribution in [3.63, 3.8) is 0 Å². The molecular weight excluding hydrogens is 1020 g/mol. The van der Waals surface area contributed by atoms with Gasteiger partial charge in [-0.05, 0) is 90.7 Å². The maximum absolute atomic E-state index is 13.7. The molecule has 4 aromatic carbocycles. The van der Waals surface area contributed by atoms with Crippen LogP contribution in [0.4, 0.5) is 5.69 Å². The summed E-state index contributed by atoms with van der Waals surface area (Å²) in [5, 5.41) is 22.8. The Morgan fingerprint density at radius 1 is 0.595 bits per heavy atom. The third kappa shape index (κ3) is 27.3. The predicted octanol–water partition coefficient (Wildman–Crippen LogP) is 7.34. The number of carbonyl (C=O) groups is 3. The fraction of sp³-hybridized carbons (Fsp3) is 0.542. The maximum atomic E-state index is 13.7. The zero-order chi connectivity index (χ0) is 56.3. The van der Waals surface area contributed by atoms with E-state index in [0.29, 0.717) is 149 Å². The van der Waals surface area contributed by atoms with Crippen LogP contribution in [0.2, 0.25) is 0 Å². The molecule has 79 heavy (non-hydrogen) atoms. The van der Waals surface area contributed by atoms with E-state index in [9.17, 15) is 19.5 Å². The third-order valence-electron chi connectivity index (χ3n) is 12.3. The fourth-order valence-corrected chi connectivity index (χ4v) is 8.24. The lowest BCUT2D eigenvalue weighted by Gasteiger charge is -2.37. The summed E-state index contributed by atoms with van der Waals surface area (Å²) in [7, 11) is 1.65. The lowest BCUT2D eigenvalue weighted by molar-refractivity contribution is -0.132. The number of methoxy groups -OCH3 is 1. The molecule has 0 aromatic heterocycles. The van der Waals surface area contributed by atoms with E-state index in [1.54, 1.807) is 31.4 Å². The van der Waals surface area contributed by atoms with Crippen molar-refractivity contribution >= 4 is 23.3 Å². The van der Waals surface area contributed by atoms with E-state index in [1.807, 2.05) is 55.5 Å². The van der Waals surface area contributed by atoms with Crippen molar-refractivity contribution in [1.82, 2.24) is 10.6 Å². The Labute approximate surface area is 466 Å². The van der Waals surface area contributed by atoms with Gasteiger partial charge in [-0.3, -0.25) is 19.7 Å². The fourth-order valence-electron chi connectivity index (χ4n) is 8.24. The number of carbonyl (C=O) groups excluding carboxylic acids is 3. The Balaban J connectivity index is 1.03. The summed E-state index contributed by atoms with van der Waals surface area (Å²) in [6, 6.07) is 34.4. The Morgan fingerprint density at radius 3 is 1.59 bits per heavy atom. The van der Waals surface area contributed by atoms with Crippen molar-refractivity contribution in [1.29, 1.82) is 0 Å². The standard InChI is InChI=1S/C59H84N6O14/c1-3-13-53(64-65-60)45-78-43-42-77-41-40-76-39-38-75-37-36-74-35-34-73-33-32-72-31-30-71-29-12-18-54(67)46-79-47-57(68)63-56(58(69)62-52-24-20-48(44-66)21-25-52)19-10-11-28-61-59(49-14-6-4-7-15-49,50-16-8-5-9-17-50)51-22-26-55(70-2)27-23-51/h4-9,14-17,20-27,53,56,61,66H,3,10-13,18-19,28-47H2,1-2H3,(H,62,69)(H,63,68). The summed E-state index contributed by atoms with van der Waals surface area (Å²) in [6.07, 6.45) is 4.04. The van der Waals surface area contributed by atoms with Gasteiger partial charge < -0.3 is 63.1 Å². The molecule has 4 rings (SSSR count). The molecule has 434 valence electrons. The number of hydrogen-bond acceptors (Lipinski definition) is 16. The second-order valence-electron chi connectivity index (χ2n) is 18.2. The van der Waals surface area contributed by atoms with Crippen molar-refractivity contribution in [3.05, 3.63) is 142 Å². The number of Topliss-reactive ketones (excluding diaryl/α,β-unsaturated/α-hetero) is 1. The van der Waals surface area contributed by atoms with Gasteiger partial charge in [0.05, 0.1) is 124 Å². The van der Waals surface area contributed by atoms with Gasteiger partial charge in [-0.2, -0.15) is 0 Å². The maximum Gasteiger partial charge on any atom is 0.246 e. The summed E-state index contributed by atoms with van der Waals surface area (Å²) in [6.45, 7) is 8.67. The highest BCUT2D eigenvalue weighted by molar-refractivity contribution is 5.97. The van der Waals surface area contributed by atoms with E-state index < -0.39 is 30.0 Å². The lowest BCUT2D eigenvalue weighted by atomic mass is 9.77. The smallest absolute Gasteiger partial charge is 0.246 e. The van der Waals surface area contributed by atoms with Crippen LogP contribution in [0.15, 0.2) is 114 Å². The van der Waals surface area contributed by atoms with E-state index in [1.165, 1.54) is 0 Å². The number of aliphatic hydroxyl groups is 1. The second kappa shape index (κ2) is 42.1. The minimum absolute atomic E-state index is 0.127. The lowest BCUT2D eigenvalue weighted by Crippen LogP contribution is -2.46. The largest absolute Gasteiger partial charge is 0.497 e. The molecule has 0 saturated carbocycles. The van der Waals surface area contributed by atoms with Crippen molar-refractivity contribution < 1.29 is 66.9 Å². The number of anilines is 1. The van der Waals surface area contributed by atoms with Gasteiger partial charge in [-0.15, -0.1) is 0 Å². The van der Waals surface area contributed by atoms with Crippen LogP contribution in [0.3, 0.4) is 0 Å². The van der Waals surface area contributed by atoms with Crippen LogP contribution in [0, 0.1) is 0 Å². The summed E-state index contributed by atoms with van der Waals surface area (Å²) >= 11 is 0. The number of rotatable bonds is 48. The van der Waals surface area contributed by atoms with Gasteiger partial charge in [0.25, 0.3) is 0 Å². The molecular formula is C59H84N6O14. The first kappa shape index (κ1) is 65.7. The summed E-state index contributed by atoms with van der Waals surface area (Å²) in [5.74, 6) is -0.329. The molecule has 0 saturated heterocycles. The quantitative estimate of drug-likeness (QED) is 0.0111. The van der Waals surface area contributed by atoms with E-state index in [4.69, 9.17) is 52.9 Å². The first-order chi connectivity index (χ1) is 38.8. The van der Waals surface area contributed by atoms with Gasteiger partial charge in [-0.1, -0.05) is 103 Å². The van der Waals surface area contributed by atoms with Crippen LogP contribution < -0.4 is 20.7 Å². The summed E-state index contributed by atoms with van der Waals surface area (Å²) in [5.41, 5.74) is 12.3. The normalized spacial score (nSPS) is 12.1. The number of hydrogen-bond donors (Lipinski definition) is 4. The molecule has 0 fully saturated rings. The molecule has 4 N–H and O–H groups in total. The van der Waals surface area contributed by atoms with Crippen LogP contribution in [0.1, 0.15) is 74.1 Å². The Kier molecular flexibility index (Phi) is 35.0. The van der Waals surface area contributed by atoms with Crippen LogP contribution >= 0.6 is 0 Å². The zero-order valence-corrected chi connectivity index (χ0v) is 46.2.